The van der Waals surface area contributed by atoms with Crippen molar-refractivity contribution in [2.24, 2.45) is 0 Å². The number of piperidine rings is 1. The lowest BCUT2D eigenvalue weighted by molar-refractivity contribution is -0.143. The molecular formula is C30H34ClF7N4O2. The normalized spacial score (nSPS) is 22.9. The lowest BCUT2D eigenvalue weighted by Crippen LogP contribution is -2.57. The van der Waals surface area contributed by atoms with Crippen LogP contribution in [0, 0.1) is 12.7 Å². The van der Waals surface area contributed by atoms with E-state index in [1.165, 1.54) is 19.2 Å². The van der Waals surface area contributed by atoms with E-state index in [0.717, 1.165) is 23.4 Å². The van der Waals surface area contributed by atoms with Gasteiger partial charge < -0.3 is 14.7 Å². The predicted molar refractivity (Wildman–Crippen MR) is 150 cm³/mol. The molecule has 0 spiro atoms. The molecule has 3 saturated heterocycles. The van der Waals surface area contributed by atoms with Crippen molar-refractivity contribution in [2.45, 2.75) is 69.6 Å². The Kier molecular flexibility index (Phi) is 9.80. The monoisotopic (exact) mass is 650 g/mol. The van der Waals surface area contributed by atoms with Gasteiger partial charge in [-0.05, 0) is 73.2 Å². The van der Waals surface area contributed by atoms with Crippen LogP contribution in [-0.4, -0.2) is 76.8 Å². The van der Waals surface area contributed by atoms with Gasteiger partial charge in [0.05, 0.1) is 17.2 Å². The predicted octanol–water partition coefficient (Wildman–Crippen LogP) is 6.66. The van der Waals surface area contributed by atoms with E-state index < -0.39 is 47.9 Å². The second-order valence-electron chi connectivity index (χ2n) is 11.7. The highest BCUT2D eigenvalue weighted by molar-refractivity contribution is 5.85. The number of piperazine rings is 1. The van der Waals surface area contributed by atoms with Crippen LogP contribution in [0.1, 0.15) is 59.5 Å². The van der Waals surface area contributed by atoms with Crippen molar-refractivity contribution in [3.63, 3.8) is 0 Å². The van der Waals surface area contributed by atoms with E-state index in [1.807, 2.05) is 4.90 Å². The molecule has 5 rings (SSSR count). The van der Waals surface area contributed by atoms with E-state index in [1.54, 1.807) is 17.9 Å². The SMILES string of the molecule is Cc1cc(F)ccc1[C@H]1C[C@@H](N2CCN3C(=O)CC[C@H]3C2)CCN1C(=O)N(C)Cc1cc(C(F)(F)F)cc(C(F)(F)F)c1.Cl. The van der Waals surface area contributed by atoms with Gasteiger partial charge in [-0.15, -0.1) is 12.4 Å². The second kappa shape index (κ2) is 12.7. The van der Waals surface area contributed by atoms with E-state index >= 15 is 0 Å². The zero-order chi connectivity index (χ0) is 31.3. The molecule has 0 aliphatic carbocycles. The van der Waals surface area contributed by atoms with Gasteiger partial charge in [0.25, 0.3) is 0 Å². The molecule has 3 aliphatic rings. The standard InChI is InChI=1S/C30H33F7N4O2.ClH/c1-18-11-22(31)3-5-25(18)26-15-23(39-9-10-40-24(17-39)4-6-27(40)42)7-8-41(26)28(43)38(2)16-19-12-20(29(32,33)34)14-21(13-19)30(35,36)37;/h3,5,11-14,23-24,26H,4,6-10,15-17H2,1-2H3;1H/t23-,24-,26+;/m0./s1. The first-order chi connectivity index (χ1) is 20.1. The molecule has 242 valence electrons. The fourth-order valence-corrected chi connectivity index (χ4v) is 6.71. The summed E-state index contributed by atoms with van der Waals surface area (Å²) in [6.45, 7) is 3.58. The summed E-state index contributed by atoms with van der Waals surface area (Å²) in [7, 11) is 1.34. The summed E-state index contributed by atoms with van der Waals surface area (Å²) in [6.07, 6.45) is -7.56. The summed E-state index contributed by atoms with van der Waals surface area (Å²) in [6, 6.07) is 4.78. The molecule has 3 amide bonds. The number of hydrogen-bond donors (Lipinski definition) is 0. The maximum Gasteiger partial charge on any atom is 0.416 e. The second-order valence-corrected chi connectivity index (χ2v) is 11.7. The maximum atomic E-state index is 14.0. The number of amides is 3. The molecule has 0 saturated carbocycles. The molecule has 0 unspecified atom stereocenters. The number of alkyl halides is 6. The minimum Gasteiger partial charge on any atom is -0.337 e. The maximum absolute atomic E-state index is 14.0. The summed E-state index contributed by atoms with van der Waals surface area (Å²) in [5, 5.41) is 0. The number of rotatable bonds is 4. The molecule has 0 aromatic heterocycles. The van der Waals surface area contributed by atoms with Crippen LogP contribution in [0.4, 0.5) is 35.5 Å². The van der Waals surface area contributed by atoms with Gasteiger partial charge in [0.1, 0.15) is 5.82 Å². The van der Waals surface area contributed by atoms with Crippen LogP contribution in [0.25, 0.3) is 0 Å². The number of carbonyl (C=O) groups excluding carboxylic acids is 2. The molecule has 0 bridgehead atoms. The Bertz CT molecular complexity index is 1350. The average molecular weight is 651 g/mol. The van der Waals surface area contributed by atoms with Crippen LogP contribution < -0.4 is 0 Å². The van der Waals surface area contributed by atoms with Gasteiger partial charge >= 0.3 is 18.4 Å². The first kappa shape index (κ1) is 33.8. The first-order valence-electron chi connectivity index (χ1n) is 14.2. The van der Waals surface area contributed by atoms with Gasteiger partial charge in [-0.3, -0.25) is 9.69 Å². The summed E-state index contributed by atoms with van der Waals surface area (Å²) in [5.74, 6) is -0.272. The average Bonchev–Trinajstić information content (AvgIpc) is 3.31. The zero-order valence-corrected chi connectivity index (χ0v) is 25.0. The number of hydrogen-bond acceptors (Lipinski definition) is 3. The molecule has 3 aliphatic heterocycles. The van der Waals surface area contributed by atoms with Crippen LogP contribution in [0.2, 0.25) is 0 Å². The van der Waals surface area contributed by atoms with E-state index in [0.29, 0.717) is 50.0 Å². The summed E-state index contributed by atoms with van der Waals surface area (Å²) in [5.41, 5.74) is -1.83. The topological polar surface area (TPSA) is 47.1 Å². The quantitative estimate of drug-likeness (QED) is 0.348. The molecule has 14 heteroatoms. The molecule has 2 aromatic rings. The molecule has 0 N–H and O–H groups in total. The highest BCUT2D eigenvalue weighted by Crippen LogP contribution is 2.39. The molecule has 2 aromatic carbocycles. The lowest BCUT2D eigenvalue weighted by Gasteiger charge is -2.48. The molecule has 3 heterocycles. The Morgan fingerprint density at radius 3 is 2.20 bits per heavy atom. The number of fused-ring (bicyclic) bond motifs is 1. The third kappa shape index (κ3) is 7.09. The number of carbonyl (C=O) groups is 2. The van der Waals surface area contributed by atoms with Gasteiger partial charge in [-0.2, -0.15) is 26.3 Å². The Hall–Kier alpha value is -3.06. The van der Waals surface area contributed by atoms with Crippen molar-refractivity contribution >= 4 is 24.3 Å². The van der Waals surface area contributed by atoms with Gasteiger partial charge in [-0.1, -0.05) is 6.07 Å². The van der Waals surface area contributed by atoms with Crippen molar-refractivity contribution in [2.75, 3.05) is 33.2 Å². The largest absolute Gasteiger partial charge is 0.416 e. The summed E-state index contributed by atoms with van der Waals surface area (Å²) in [4.78, 5) is 32.9. The Morgan fingerprint density at radius 1 is 0.932 bits per heavy atom. The lowest BCUT2D eigenvalue weighted by atomic mass is 9.88. The highest BCUT2D eigenvalue weighted by atomic mass is 35.5. The Labute approximate surface area is 257 Å². The van der Waals surface area contributed by atoms with Gasteiger partial charge in [0.15, 0.2) is 0 Å². The van der Waals surface area contributed by atoms with Crippen LogP contribution in [0.15, 0.2) is 36.4 Å². The van der Waals surface area contributed by atoms with E-state index in [9.17, 15) is 40.3 Å². The van der Waals surface area contributed by atoms with Gasteiger partial charge in [0, 0.05) is 58.3 Å². The fraction of sp³-hybridized carbons (Fsp3) is 0.533. The van der Waals surface area contributed by atoms with Crippen LogP contribution in [0.5, 0.6) is 0 Å². The first-order valence-corrected chi connectivity index (χ1v) is 14.2. The summed E-state index contributed by atoms with van der Waals surface area (Å²) >= 11 is 0. The van der Waals surface area contributed by atoms with Crippen molar-refractivity contribution in [3.8, 4) is 0 Å². The van der Waals surface area contributed by atoms with Crippen molar-refractivity contribution in [1.82, 2.24) is 19.6 Å². The van der Waals surface area contributed by atoms with Crippen molar-refractivity contribution in [1.29, 1.82) is 0 Å². The molecule has 0 radical (unpaired) electrons. The van der Waals surface area contributed by atoms with Gasteiger partial charge in [-0.25, -0.2) is 9.18 Å². The molecule has 6 nitrogen and oxygen atoms in total. The fourth-order valence-electron chi connectivity index (χ4n) is 6.71. The smallest absolute Gasteiger partial charge is 0.337 e. The minimum absolute atomic E-state index is 0. The van der Waals surface area contributed by atoms with E-state index in [2.05, 4.69) is 4.90 Å². The van der Waals surface area contributed by atoms with Gasteiger partial charge in [0.2, 0.25) is 5.91 Å². The van der Waals surface area contributed by atoms with E-state index in [4.69, 9.17) is 0 Å². The number of likely N-dealkylation sites (tertiary alicyclic amines) is 1. The zero-order valence-electron chi connectivity index (χ0n) is 24.2. The molecule has 3 atom stereocenters. The number of halogens is 8. The summed E-state index contributed by atoms with van der Waals surface area (Å²) < 4.78 is 94.4. The third-order valence-corrected chi connectivity index (χ3v) is 8.85. The van der Waals surface area contributed by atoms with Crippen molar-refractivity contribution < 1.29 is 40.3 Å². The Morgan fingerprint density at radius 2 is 1.59 bits per heavy atom. The number of nitrogens with zero attached hydrogens (tertiary/aromatic N) is 4. The van der Waals surface area contributed by atoms with Crippen LogP contribution in [-0.2, 0) is 23.7 Å². The number of urea groups is 1. The molecule has 3 fully saturated rings. The van der Waals surface area contributed by atoms with Crippen LogP contribution in [0.3, 0.4) is 0 Å². The molecule has 44 heavy (non-hydrogen) atoms. The highest BCUT2D eigenvalue weighted by Gasteiger charge is 2.42. The number of benzene rings is 2. The number of aryl methyl sites for hydroxylation is 1. The molecular weight excluding hydrogens is 617 g/mol. The third-order valence-electron chi connectivity index (χ3n) is 8.85. The minimum atomic E-state index is -5.00. The Balaban J connectivity index is 0.00000442. The van der Waals surface area contributed by atoms with Crippen molar-refractivity contribution in [3.05, 3.63) is 70.0 Å². The van der Waals surface area contributed by atoms with E-state index in [-0.39, 0.29) is 48.6 Å². The van der Waals surface area contributed by atoms with Crippen LogP contribution >= 0.6 is 12.4 Å².